The van der Waals surface area contributed by atoms with Crippen molar-refractivity contribution in [1.82, 2.24) is 4.90 Å². The van der Waals surface area contributed by atoms with Crippen molar-refractivity contribution in [3.8, 4) is 0 Å². The maximum atomic E-state index is 11.8. The Bertz CT molecular complexity index is 281. The Hall–Kier alpha value is -1.52. The number of esters is 1. The number of rotatable bonds is 5. The second-order valence-corrected chi connectivity index (χ2v) is 4.56. The van der Waals surface area contributed by atoms with E-state index in [0.717, 1.165) is 0 Å². The predicted octanol–water partition coefficient (Wildman–Crippen LogP) is 1.97. The summed E-state index contributed by atoms with van der Waals surface area (Å²) in [6.45, 7) is 9.16. The maximum absolute atomic E-state index is 11.8. The number of ether oxygens (including phenoxy) is 2. The second kappa shape index (κ2) is 6.93. The van der Waals surface area contributed by atoms with Gasteiger partial charge in [-0.2, -0.15) is 0 Å². The fourth-order valence-electron chi connectivity index (χ4n) is 1.03. The topological polar surface area (TPSA) is 55.8 Å². The summed E-state index contributed by atoms with van der Waals surface area (Å²) in [5, 5.41) is 0. The number of amides is 1. The van der Waals surface area contributed by atoms with Crippen LogP contribution < -0.4 is 0 Å². The highest BCUT2D eigenvalue weighted by Crippen LogP contribution is 2.10. The molecule has 0 N–H and O–H groups in total. The minimum Gasteiger partial charge on any atom is -0.468 e. The van der Waals surface area contributed by atoms with E-state index in [1.165, 1.54) is 12.0 Å². The molecular formula is C12H21NO4. The van der Waals surface area contributed by atoms with Crippen LogP contribution in [0.3, 0.4) is 0 Å². The minimum absolute atomic E-state index is 0.112. The minimum atomic E-state index is -0.584. The van der Waals surface area contributed by atoms with Crippen LogP contribution in [0, 0.1) is 0 Å². The molecule has 1 amide bonds. The van der Waals surface area contributed by atoms with Crippen LogP contribution in [0.1, 0.15) is 27.2 Å². The number of methoxy groups -OCH3 is 1. The molecule has 0 saturated carbocycles. The van der Waals surface area contributed by atoms with E-state index in [2.05, 4.69) is 11.3 Å². The molecule has 5 nitrogen and oxygen atoms in total. The van der Waals surface area contributed by atoms with E-state index in [0.29, 0.717) is 13.0 Å². The monoisotopic (exact) mass is 243 g/mol. The van der Waals surface area contributed by atoms with Crippen LogP contribution in [-0.2, 0) is 14.3 Å². The van der Waals surface area contributed by atoms with Crippen molar-refractivity contribution in [1.29, 1.82) is 0 Å². The van der Waals surface area contributed by atoms with Gasteiger partial charge in [0.1, 0.15) is 12.1 Å². The highest BCUT2D eigenvalue weighted by molar-refractivity contribution is 5.78. The molecule has 0 heterocycles. The molecule has 0 bridgehead atoms. The third-order valence-electron chi connectivity index (χ3n) is 1.80. The van der Waals surface area contributed by atoms with Gasteiger partial charge in [0.05, 0.1) is 7.11 Å². The molecule has 0 aromatic heterocycles. The van der Waals surface area contributed by atoms with Crippen LogP contribution >= 0.6 is 0 Å². The van der Waals surface area contributed by atoms with Crippen molar-refractivity contribution in [2.45, 2.75) is 32.8 Å². The number of nitrogens with zero attached hydrogens (tertiary/aromatic N) is 1. The van der Waals surface area contributed by atoms with E-state index in [4.69, 9.17) is 4.74 Å². The zero-order valence-electron chi connectivity index (χ0n) is 11.0. The van der Waals surface area contributed by atoms with Gasteiger partial charge in [-0.1, -0.05) is 6.08 Å². The third-order valence-corrected chi connectivity index (χ3v) is 1.80. The quantitative estimate of drug-likeness (QED) is 0.547. The fourth-order valence-corrected chi connectivity index (χ4v) is 1.03. The molecule has 17 heavy (non-hydrogen) atoms. The van der Waals surface area contributed by atoms with Crippen molar-refractivity contribution in [3.63, 3.8) is 0 Å². The summed E-state index contributed by atoms with van der Waals surface area (Å²) in [5.74, 6) is -0.472. The van der Waals surface area contributed by atoms with Crippen LogP contribution in [-0.4, -0.2) is 42.8 Å². The van der Waals surface area contributed by atoms with E-state index >= 15 is 0 Å². The molecule has 0 aromatic rings. The molecule has 0 rings (SSSR count). The van der Waals surface area contributed by atoms with Gasteiger partial charge >= 0.3 is 12.1 Å². The summed E-state index contributed by atoms with van der Waals surface area (Å²) in [6, 6.07) is 0. The Labute approximate surface area is 102 Å². The molecule has 0 spiro atoms. The average Bonchev–Trinajstić information content (AvgIpc) is 2.21. The molecular weight excluding hydrogens is 222 g/mol. The van der Waals surface area contributed by atoms with E-state index in [9.17, 15) is 9.59 Å². The van der Waals surface area contributed by atoms with Gasteiger partial charge in [-0.25, -0.2) is 4.79 Å². The van der Waals surface area contributed by atoms with Crippen LogP contribution in [0.5, 0.6) is 0 Å². The lowest BCUT2D eigenvalue weighted by atomic mass is 10.2. The van der Waals surface area contributed by atoms with Crippen molar-refractivity contribution < 1.29 is 19.1 Å². The molecule has 0 radical (unpaired) electrons. The largest absolute Gasteiger partial charge is 0.468 e. The van der Waals surface area contributed by atoms with Crippen molar-refractivity contribution in [2.75, 3.05) is 20.2 Å². The van der Waals surface area contributed by atoms with Crippen LogP contribution in [0.2, 0.25) is 0 Å². The first-order valence-electron chi connectivity index (χ1n) is 5.45. The van der Waals surface area contributed by atoms with Gasteiger partial charge < -0.3 is 9.47 Å². The molecule has 0 saturated heterocycles. The predicted molar refractivity (Wildman–Crippen MR) is 64.6 cm³/mol. The normalized spacial score (nSPS) is 10.6. The van der Waals surface area contributed by atoms with Crippen molar-refractivity contribution in [2.24, 2.45) is 0 Å². The molecule has 0 unspecified atom stereocenters. The Morgan fingerprint density at radius 1 is 1.35 bits per heavy atom. The molecule has 0 aromatic carbocycles. The smallest absolute Gasteiger partial charge is 0.410 e. The molecule has 0 aliphatic rings. The molecule has 0 aliphatic heterocycles. The highest BCUT2D eigenvalue weighted by Gasteiger charge is 2.23. The maximum Gasteiger partial charge on any atom is 0.410 e. The second-order valence-electron chi connectivity index (χ2n) is 4.56. The summed E-state index contributed by atoms with van der Waals surface area (Å²) in [4.78, 5) is 24.2. The van der Waals surface area contributed by atoms with E-state index in [1.807, 2.05) is 0 Å². The molecule has 0 aliphatic carbocycles. The summed E-state index contributed by atoms with van der Waals surface area (Å²) in [7, 11) is 1.28. The lowest BCUT2D eigenvalue weighted by Crippen LogP contribution is -2.40. The van der Waals surface area contributed by atoms with Gasteiger partial charge in [0, 0.05) is 6.54 Å². The van der Waals surface area contributed by atoms with Gasteiger partial charge in [-0.05, 0) is 27.2 Å². The standard InChI is InChI=1S/C12H21NO4/c1-6-7-8-13(9-10(14)16-5)11(15)17-12(2,3)4/h6H,1,7-9H2,2-5H3. The highest BCUT2D eigenvalue weighted by atomic mass is 16.6. The summed E-state index contributed by atoms with van der Waals surface area (Å²) in [5.41, 5.74) is -0.584. The zero-order valence-corrected chi connectivity index (χ0v) is 11.0. The van der Waals surface area contributed by atoms with Gasteiger partial charge in [-0.15, -0.1) is 6.58 Å². The fraction of sp³-hybridized carbons (Fsp3) is 0.667. The number of carbonyl (C=O) groups excluding carboxylic acids is 2. The lowest BCUT2D eigenvalue weighted by Gasteiger charge is -2.26. The first kappa shape index (κ1) is 15.5. The molecule has 0 atom stereocenters. The Morgan fingerprint density at radius 2 is 1.94 bits per heavy atom. The van der Waals surface area contributed by atoms with Gasteiger partial charge in [-0.3, -0.25) is 9.69 Å². The zero-order chi connectivity index (χ0) is 13.5. The van der Waals surface area contributed by atoms with Crippen molar-refractivity contribution in [3.05, 3.63) is 12.7 Å². The number of carbonyl (C=O) groups is 2. The Kier molecular flexibility index (Phi) is 6.31. The number of hydrogen-bond acceptors (Lipinski definition) is 4. The summed E-state index contributed by atoms with van der Waals surface area (Å²) in [6.07, 6.45) is 1.75. The van der Waals surface area contributed by atoms with Gasteiger partial charge in [0.2, 0.25) is 0 Å². The van der Waals surface area contributed by atoms with Crippen molar-refractivity contribution >= 4 is 12.1 Å². The first-order chi connectivity index (χ1) is 7.80. The van der Waals surface area contributed by atoms with Crippen LogP contribution in [0.4, 0.5) is 4.79 Å². The molecule has 98 valence electrons. The Morgan fingerprint density at radius 3 is 2.35 bits per heavy atom. The Balaban J connectivity index is 4.49. The summed E-state index contributed by atoms with van der Waals surface area (Å²) < 4.78 is 9.71. The SMILES string of the molecule is C=CCCN(CC(=O)OC)C(=O)OC(C)(C)C. The van der Waals surface area contributed by atoms with Crippen LogP contribution in [0.25, 0.3) is 0 Å². The van der Waals surface area contributed by atoms with E-state index in [1.54, 1.807) is 26.8 Å². The average molecular weight is 243 g/mol. The van der Waals surface area contributed by atoms with Gasteiger partial charge in [0.25, 0.3) is 0 Å². The third kappa shape index (κ3) is 7.38. The summed E-state index contributed by atoms with van der Waals surface area (Å²) >= 11 is 0. The first-order valence-corrected chi connectivity index (χ1v) is 5.45. The molecule has 5 heteroatoms. The van der Waals surface area contributed by atoms with E-state index < -0.39 is 17.7 Å². The van der Waals surface area contributed by atoms with Crippen LogP contribution in [0.15, 0.2) is 12.7 Å². The number of hydrogen-bond donors (Lipinski definition) is 0. The lowest BCUT2D eigenvalue weighted by molar-refractivity contribution is -0.141. The van der Waals surface area contributed by atoms with Gasteiger partial charge in [0.15, 0.2) is 0 Å². The molecule has 0 fully saturated rings. The van der Waals surface area contributed by atoms with E-state index in [-0.39, 0.29) is 6.54 Å².